The maximum absolute atomic E-state index is 11.8. The summed E-state index contributed by atoms with van der Waals surface area (Å²) < 4.78 is 0. The van der Waals surface area contributed by atoms with Crippen molar-refractivity contribution in [2.24, 2.45) is 0 Å². The molecule has 0 aliphatic heterocycles. The van der Waals surface area contributed by atoms with Crippen LogP contribution in [0.3, 0.4) is 0 Å². The number of amides is 3. The minimum Gasteiger partial charge on any atom is -0.335 e. The van der Waals surface area contributed by atoms with Crippen LogP contribution in [0.15, 0.2) is 18.2 Å². The summed E-state index contributed by atoms with van der Waals surface area (Å²) in [5.41, 5.74) is 0.864. The number of benzene rings is 1. The quantitative estimate of drug-likeness (QED) is 0.733. The van der Waals surface area contributed by atoms with E-state index in [1.165, 1.54) is 0 Å². The van der Waals surface area contributed by atoms with E-state index in [4.69, 9.17) is 23.2 Å². The van der Waals surface area contributed by atoms with E-state index in [1.807, 2.05) is 33.0 Å². The van der Waals surface area contributed by atoms with Gasteiger partial charge in [0, 0.05) is 11.6 Å². The number of halogens is 2. The van der Waals surface area contributed by atoms with Crippen molar-refractivity contribution in [3.05, 3.63) is 33.8 Å². The molecule has 0 aromatic heterocycles. The van der Waals surface area contributed by atoms with Gasteiger partial charge in [0.2, 0.25) is 0 Å². The zero-order chi connectivity index (χ0) is 16.7. The third-order valence-electron chi connectivity index (χ3n) is 3.23. The van der Waals surface area contributed by atoms with E-state index in [-0.39, 0.29) is 18.5 Å². The number of nitrogens with one attached hydrogen (secondary N) is 3. The fraction of sp³-hybridized carbons (Fsp3) is 0.467. The molecule has 22 heavy (non-hydrogen) atoms. The van der Waals surface area contributed by atoms with Gasteiger partial charge in [-0.1, -0.05) is 42.3 Å². The molecule has 5 nitrogen and oxygen atoms in total. The molecule has 0 saturated heterocycles. The molecule has 122 valence electrons. The number of imide groups is 1. The SMILES string of the molecule is CC[C@@H](C)NC(=O)NC(=O)C[NH+](C)Cc1cccc(Cl)c1Cl. The van der Waals surface area contributed by atoms with Crippen molar-refractivity contribution in [3.63, 3.8) is 0 Å². The largest absolute Gasteiger partial charge is 0.335 e. The Morgan fingerprint density at radius 1 is 1.32 bits per heavy atom. The van der Waals surface area contributed by atoms with Crippen LogP contribution in [0.1, 0.15) is 25.8 Å². The molecule has 0 aliphatic rings. The summed E-state index contributed by atoms with van der Waals surface area (Å²) in [6.07, 6.45) is 0.806. The van der Waals surface area contributed by atoms with Gasteiger partial charge in [-0.2, -0.15) is 0 Å². The van der Waals surface area contributed by atoms with Crippen LogP contribution in [0.2, 0.25) is 10.0 Å². The lowest BCUT2D eigenvalue weighted by Gasteiger charge is -2.16. The van der Waals surface area contributed by atoms with Crippen LogP contribution < -0.4 is 15.5 Å². The molecule has 0 spiro atoms. The van der Waals surface area contributed by atoms with E-state index in [0.717, 1.165) is 16.9 Å². The second kappa shape index (κ2) is 8.98. The Kier molecular flexibility index (Phi) is 7.65. The predicted octanol–water partition coefficient (Wildman–Crippen LogP) is 1.63. The van der Waals surface area contributed by atoms with Gasteiger partial charge in [-0.3, -0.25) is 10.1 Å². The fourth-order valence-corrected chi connectivity index (χ4v) is 2.27. The first-order chi connectivity index (χ1) is 10.3. The maximum Gasteiger partial charge on any atom is 0.321 e. The molecule has 2 atom stereocenters. The number of rotatable bonds is 6. The standard InChI is InChI=1S/C15H21Cl2N3O2/c1-4-10(2)18-15(22)19-13(21)9-20(3)8-11-6-5-7-12(16)14(11)17/h5-7,10H,4,8-9H2,1-3H3,(H2,18,19,21,22)/p+1/t10-/m1/s1. The summed E-state index contributed by atoms with van der Waals surface area (Å²) in [7, 11) is 1.85. The summed E-state index contributed by atoms with van der Waals surface area (Å²) in [4.78, 5) is 24.3. The van der Waals surface area contributed by atoms with E-state index >= 15 is 0 Å². The van der Waals surface area contributed by atoms with E-state index in [0.29, 0.717) is 16.6 Å². The smallest absolute Gasteiger partial charge is 0.321 e. The summed E-state index contributed by atoms with van der Waals surface area (Å²) >= 11 is 12.1. The molecule has 1 rings (SSSR count). The van der Waals surface area contributed by atoms with E-state index in [9.17, 15) is 9.59 Å². The molecule has 3 N–H and O–H groups in total. The first-order valence-corrected chi connectivity index (χ1v) is 7.93. The van der Waals surface area contributed by atoms with Crippen molar-refractivity contribution in [1.29, 1.82) is 0 Å². The molecular formula is C15H22Cl2N3O2+. The second-order valence-electron chi connectivity index (χ2n) is 5.35. The first kappa shape index (κ1) is 18.7. The maximum atomic E-state index is 11.8. The molecule has 0 aliphatic carbocycles. The van der Waals surface area contributed by atoms with Crippen molar-refractivity contribution in [3.8, 4) is 0 Å². The number of carbonyl (C=O) groups excluding carboxylic acids is 2. The van der Waals surface area contributed by atoms with Crippen molar-refractivity contribution in [1.82, 2.24) is 10.6 Å². The molecule has 0 fully saturated rings. The average Bonchev–Trinajstić information content (AvgIpc) is 2.43. The molecule has 0 saturated carbocycles. The van der Waals surface area contributed by atoms with Gasteiger partial charge in [0.25, 0.3) is 5.91 Å². The number of hydrogen-bond acceptors (Lipinski definition) is 2. The number of quaternary nitrogens is 1. The third kappa shape index (κ3) is 6.22. The molecule has 7 heteroatoms. The molecule has 3 amide bonds. The molecule has 1 aromatic carbocycles. The fourth-order valence-electron chi connectivity index (χ4n) is 1.88. The van der Waals surface area contributed by atoms with Crippen LogP contribution in [0.5, 0.6) is 0 Å². The average molecular weight is 347 g/mol. The van der Waals surface area contributed by atoms with E-state index in [2.05, 4.69) is 10.6 Å². The van der Waals surface area contributed by atoms with Crippen LogP contribution in [0, 0.1) is 0 Å². The van der Waals surface area contributed by atoms with Gasteiger partial charge in [0.15, 0.2) is 6.54 Å². The summed E-state index contributed by atoms with van der Waals surface area (Å²) in [6.45, 7) is 4.54. The Morgan fingerprint density at radius 3 is 2.64 bits per heavy atom. The Bertz CT molecular complexity index is 538. The lowest BCUT2D eigenvalue weighted by Crippen LogP contribution is -3.09. The zero-order valence-electron chi connectivity index (χ0n) is 13.0. The normalized spacial score (nSPS) is 13.3. The van der Waals surface area contributed by atoms with Crippen molar-refractivity contribution < 1.29 is 14.5 Å². The highest BCUT2D eigenvalue weighted by Gasteiger charge is 2.16. The number of likely N-dealkylation sites (N-methyl/N-ethyl adjacent to an activating group) is 1. The van der Waals surface area contributed by atoms with Gasteiger partial charge >= 0.3 is 6.03 Å². The number of urea groups is 1. The third-order valence-corrected chi connectivity index (χ3v) is 4.09. The molecule has 0 heterocycles. The number of hydrogen-bond donors (Lipinski definition) is 3. The minimum atomic E-state index is -0.465. The molecular weight excluding hydrogens is 325 g/mol. The van der Waals surface area contributed by atoms with Gasteiger partial charge in [-0.15, -0.1) is 0 Å². The summed E-state index contributed by atoms with van der Waals surface area (Å²) in [6, 6.07) is 4.97. The highest BCUT2D eigenvalue weighted by molar-refractivity contribution is 6.42. The highest BCUT2D eigenvalue weighted by atomic mass is 35.5. The molecule has 0 radical (unpaired) electrons. The number of carbonyl (C=O) groups is 2. The predicted molar refractivity (Wildman–Crippen MR) is 88.3 cm³/mol. The molecule has 1 unspecified atom stereocenters. The van der Waals surface area contributed by atoms with Gasteiger partial charge in [0.05, 0.1) is 17.1 Å². The topological polar surface area (TPSA) is 62.6 Å². The Morgan fingerprint density at radius 2 is 2.00 bits per heavy atom. The van der Waals surface area contributed by atoms with Crippen LogP contribution in [-0.2, 0) is 11.3 Å². The van der Waals surface area contributed by atoms with Gasteiger partial charge in [0.1, 0.15) is 6.54 Å². The summed E-state index contributed by atoms with van der Waals surface area (Å²) in [5.74, 6) is -0.337. The Hall–Kier alpha value is -1.30. The first-order valence-electron chi connectivity index (χ1n) is 7.18. The van der Waals surface area contributed by atoms with Crippen LogP contribution >= 0.6 is 23.2 Å². The van der Waals surface area contributed by atoms with Crippen LogP contribution in [-0.4, -0.2) is 31.6 Å². The lowest BCUT2D eigenvalue weighted by atomic mass is 10.2. The van der Waals surface area contributed by atoms with Gasteiger partial charge in [-0.25, -0.2) is 4.79 Å². The Balaban J connectivity index is 2.47. The monoisotopic (exact) mass is 346 g/mol. The molecule has 0 bridgehead atoms. The van der Waals surface area contributed by atoms with Gasteiger partial charge in [-0.05, 0) is 19.4 Å². The van der Waals surface area contributed by atoms with Crippen LogP contribution in [0.25, 0.3) is 0 Å². The summed E-state index contributed by atoms with van der Waals surface area (Å²) in [5, 5.41) is 5.99. The van der Waals surface area contributed by atoms with Crippen molar-refractivity contribution in [2.75, 3.05) is 13.6 Å². The van der Waals surface area contributed by atoms with Crippen molar-refractivity contribution >= 4 is 35.1 Å². The minimum absolute atomic E-state index is 0.0307. The zero-order valence-corrected chi connectivity index (χ0v) is 14.5. The highest BCUT2D eigenvalue weighted by Crippen LogP contribution is 2.24. The van der Waals surface area contributed by atoms with Crippen molar-refractivity contribution in [2.45, 2.75) is 32.9 Å². The van der Waals surface area contributed by atoms with Crippen LogP contribution in [0.4, 0.5) is 4.79 Å². The van der Waals surface area contributed by atoms with Gasteiger partial charge < -0.3 is 10.2 Å². The Labute approximate surface area is 141 Å². The van der Waals surface area contributed by atoms with E-state index in [1.54, 1.807) is 6.07 Å². The lowest BCUT2D eigenvalue weighted by molar-refractivity contribution is -0.885. The molecule has 1 aromatic rings. The second-order valence-corrected chi connectivity index (χ2v) is 6.14. The van der Waals surface area contributed by atoms with E-state index < -0.39 is 6.03 Å².